The van der Waals surface area contributed by atoms with Crippen LogP contribution >= 0.6 is 11.6 Å². The quantitative estimate of drug-likeness (QED) is 0.227. The summed E-state index contributed by atoms with van der Waals surface area (Å²) in [7, 11) is 0. The molecule has 0 radical (unpaired) electrons. The molecule has 2 aromatic rings. The van der Waals surface area contributed by atoms with Crippen LogP contribution in [0.4, 0.5) is 75.9 Å². The standard InChI is InChI=1S/C19H8ClF16NO/c20-19(35,36)18(33,34)17(31,32)16(29,30)15(27,28)14(25,26)13(23,24)12(21,22)11(38)37-10-7-3-5-8-4-1-2-6-9(8)10/h1-7H,(H,37,38). The van der Waals surface area contributed by atoms with Gasteiger partial charge >= 0.3 is 52.7 Å². The summed E-state index contributed by atoms with van der Waals surface area (Å²) in [4.78, 5) is 11.7. The number of halogens is 17. The molecule has 0 spiro atoms. The molecule has 2 aromatic carbocycles. The number of rotatable bonds is 9. The fraction of sp³-hybridized carbons (Fsp3) is 0.421. The average Bonchev–Trinajstić information content (AvgIpc) is 2.77. The van der Waals surface area contributed by atoms with E-state index in [1.165, 1.54) is 24.3 Å². The second-order valence-electron chi connectivity index (χ2n) is 7.50. The van der Waals surface area contributed by atoms with Crippen molar-refractivity contribution < 1.29 is 75.0 Å². The number of hydrogen-bond acceptors (Lipinski definition) is 1. The van der Waals surface area contributed by atoms with Gasteiger partial charge in [0.15, 0.2) is 0 Å². The molecule has 0 aromatic heterocycles. The van der Waals surface area contributed by atoms with E-state index >= 15 is 0 Å². The van der Waals surface area contributed by atoms with Crippen molar-refractivity contribution >= 4 is 34.0 Å². The molecule has 0 unspecified atom stereocenters. The largest absolute Gasteiger partial charge is 0.393 e. The first kappa shape index (κ1) is 31.6. The number of hydrogen-bond donors (Lipinski definition) is 1. The summed E-state index contributed by atoms with van der Waals surface area (Å²) in [5, 5.41) is -6.04. The lowest BCUT2D eigenvalue weighted by Crippen LogP contribution is -2.75. The van der Waals surface area contributed by atoms with Crippen LogP contribution in [0.3, 0.4) is 0 Å². The molecule has 0 saturated heterocycles. The molecule has 0 bridgehead atoms. The molecule has 38 heavy (non-hydrogen) atoms. The van der Waals surface area contributed by atoms with Gasteiger partial charge in [0.25, 0.3) is 0 Å². The van der Waals surface area contributed by atoms with Crippen LogP contribution in [0.5, 0.6) is 0 Å². The molecule has 0 saturated carbocycles. The second kappa shape index (κ2) is 8.94. The van der Waals surface area contributed by atoms with Crippen LogP contribution in [-0.2, 0) is 4.79 Å². The number of nitrogens with one attached hydrogen (secondary N) is 1. The second-order valence-corrected chi connectivity index (χ2v) is 7.97. The number of anilines is 1. The smallest absolute Gasteiger partial charge is 0.320 e. The number of alkyl halides is 17. The fourth-order valence-electron chi connectivity index (χ4n) is 2.84. The molecule has 0 aliphatic carbocycles. The van der Waals surface area contributed by atoms with Crippen LogP contribution in [0.2, 0.25) is 0 Å². The summed E-state index contributed by atoms with van der Waals surface area (Å²) >= 11 is 3.45. The van der Waals surface area contributed by atoms with Crippen LogP contribution in [0.1, 0.15) is 0 Å². The van der Waals surface area contributed by atoms with Gasteiger partial charge in [-0.25, -0.2) is 0 Å². The van der Waals surface area contributed by atoms with Crippen molar-refractivity contribution in [3.8, 4) is 0 Å². The highest BCUT2D eigenvalue weighted by Crippen LogP contribution is 2.64. The molecule has 0 aliphatic heterocycles. The van der Waals surface area contributed by atoms with E-state index in [4.69, 9.17) is 0 Å². The zero-order valence-electron chi connectivity index (χ0n) is 17.4. The molecule has 0 atom stereocenters. The van der Waals surface area contributed by atoms with Gasteiger partial charge in [0.1, 0.15) is 0 Å². The Morgan fingerprint density at radius 2 is 0.947 bits per heavy atom. The van der Waals surface area contributed by atoms with Crippen molar-refractivity contribution in [2.75, 3.05) is 5.32 Å². The van der Waals surface area contributed by atoms with E-state index in [-0.39, 0.29) is 10.8 Å². The van der Waals surface area contributed by atoms with Crippen molar-refractivity contribution in [2.24, 2.45) is 0 Å². The summed E-state index contributed by atoms with van der Waals surface area (Å²) in [6.45, 7) is 0. The van der Waals surface area contributed by atoms with Crippen molar-refractivity contribution in [2.45, 2.75) is 46.8 Å². The Morgan fingerprint density at radius 3 is 1.42 bits per heavy atom. The van der Waals surface area contributed by atoms with Crippen LogP contribution in [0, 0.1) is 0 Å². The minimum absolute atomic E-state index is 0.108. The molecule has 2 nitrogen and oxygen atoms in total. The number of carbonyl (C=O) groups excluding carboxylic acids is 1. The van der Waals surface area contributed by atoms with Gasteiger partial charge in [0.05, 0.1) is 0 Å². The first-order chi connectivity index (χ1) is 16.7. The lowest BCUT2D eigenvalue weighted by Gasteiger charge is -2.42. The zero-order chi connectivity index (χ0) is 30.0. The highest BCUT2D eigenvalue weighted by atomic mass is 35.5. The summed E-state index contributed by atoms with van der Waals surface area (Å²) in [6.07, 6.45) is 0. The van der Waals surface area contributed by atoms with E-state index in [0.717, 1.165) is 17.4 Å². The maximum atomic E-state index is 14.1. The van der Waals surface area contributed by atoms with Gasteiger partial charge in [-0.1, -0.05) is 36.4 Å². The third-order valence-corrected chi connectivity index (χ3v) is 5.28. The summed E-state index contributed by atoms with van der Waals surface area (Å²) in [5.41, 5.74) is -0.834. The Kier molecular flexibility index (Phi) is 7.42. The van der Waals surface area contributed by atoms with E-state index < -0.39 is 58.4 Å². The Labute approximate surface area is 204 Å². The highest BCUT2D eigenvalue weighted by Gasteiger charge is 2.95. The third-order valence-electron chi connectivity index (χ3n) is 5.05. The molecule has 0 aliphatic rings. The normalized spacial score (nSPS) is 15.1. The minimum atomic E-state index is -8.64. The van der Waals surface area contributed by atoms with Gasteiger partial charge in [-0.3, -0.25) is 4.79 Å². The van der Waals surface area contributed by atoms with E-state index in [9.17, 15) is 75.0 Å². The summed E-state index contributed by atoms with van der Waals surface area (Å²) < 4.78 is 217. The van der Waals surface area contributed by atoms with E-state index in [2.05, 4.69) is 11.6 Å². The molecule has 1 amide bonds. The number of fused-ring (bicyclic) bond motifs is 1. The van der Waals surface area contributed by atoms with Crippen molar-refractivity contribution in [3.63, 3.8) is 0 Å². The van der Waals surface area contributed by atoms with Crippen LogP contribution in [0.15, 0.2) is 42.5 Å². The maximum absolute atomic E-state index is 14.1. The predicted octanol–water partition coefficient (Wildman–Crippen LogP) is 8.06. The zero-order valence-corrected chi connectivity index (χ0v) is 18.1. The van der Waals surface area contributed by atoms with Gasteiger partial charge in [-0.2, -0.15) is 70.2 Å². The average molecular weight is 606 g/mol. The molecule has 19 heteroatoms. The predicted molar refractivity (Wildman–Crippen MR) is 98.0 cm³/mol. The van der Waals surface area contributed by atoms with Crippen LogP contribution in [0.25, 0.3) is 10.8 Å². The Morgan fingerprint density at radius 1 is 0.553 bits per heavy atom. The van der Waals surface area contributed by atoms with E-state index in [1.54, 1.807) is 0 Å². The van der Waals surface area contributed by atoms with Crippen LogP contribution in [-0.4, -0.2) is 52.7 Å². The summed E-state index contributed by atoms with van der Waals surface area (Å²) in [5.74, 6) is -60.6. The monoisotopic (exact) mass is 605 g/mol. The van der Waals surface area contributed by atoms with Crippen molar-refractivity contribution in [1.29, 1.82) is 0 Å². The van der Waals surface area contributed by atoms with Crippen molar-refractivity contribution in [1.82, 2.24) is 0 Å². The first-order valence-corrected chi connectivity index (χ1v) is 9.62. The Bertz CT molecular complexity index is 1200. The molecule has 2 rings (SSSR count). The first-order valence-electron chi connectivity index (χ1n) is 9.24. The van der Waals surface area contributed by atoms with Gasteiger partial charge in [-0.05, 0) is 23.1 Å². The topological polar surface area (TPSA) is 29.1 Å². The highest BCUT2D eigenvalue weighted by molar-refractivity contribution is 6.22. The SMILES string of the molecule is O=C(Nc1cccc2ccccc12)C(F)(F)C(F)(F)C(F)(F)C(F)(F)C(F)(F)C(F)(F)C(F)(F)C(F)(F)Cl. The molecule has 214 valence electrons. The molecular formula is C19H8ClF16NO. The number of amides is 1. The van der Waals surface area contributed by atoms with E-state index in [0.29, 0.717) is 6.07 Å². The Balaban J connectivity index is 2.57. The van der Waals surface area contributed by atoms with Crippen LogP contribution < -0.4 is 5.32 Å². The number of benzene rings is 2. The third kappa shape index (κ3) is 4.18. The van der Waals surface area contributed by atoms with E-state index in [1.807, 2.05) is 0 Å². The maximum Gasteiger partial charge on any atom is 0.393 e. The van der Waals surface area contributed by atoms with Gasteiger partial charge < -0.3 is 5.32 Å². The molecule has 0 heterocycles. The fourth-order valence-corrected chi connectivity index (χ4v) is 2.96. The minimum Gasteiger partial charge on any atom is -0.320 e. The van der Waals surface area contributed by atoms with Gasteiger partial charge in [0, 0.05) is 11.1 Å². The van der Waals surface area contributed by atoms with Gasteiger partial charge in [0.2, 0.25) is 0 Å². The lowest BCUT2D eigenvalue weighted by atomic mass is 9.89. The molecule has 1 N–H and O–H groups in total. The lowest BCUT2D eigenvalue weighted by molar-refractivity contribution is -0.445. The van der Waals surface area contributed by atoms with Gasteiger partial charge in [-0.15, -0.1) is 0 Å². The summed E-state index contributed by atoms with van der Waals surface area (Å²) in [6, 6.07) is 7.82. The number of carbonyl (C=O) groups is 1. The molecular weight excluding hydrogens is 598 g/mol. The molecule has 0 fully saturated rings. The van der Waals surface area contributed by atoms with Crippen molar-refractivity contribution in [3.05, 3.63) is 42.5 Å². The Hall–Kier alpha value is -2.66.